The summed E-state index contributed by atoms with van der Waals surface area (Å²) in [6.45, 7) is 0.779. The molecule has 2 aromatic carbocycles. The molecule has 3 rings (SSSR count). The lowest BCUT2D eigenvalue weighted by Crippen LogP contribution is -2.40. The van der Waals surface area contributed by atoms with Crippen LogP contribution >= 0.6 is 0 Å². The van der Waals surface area contributed by atoms with Gasteiger partial charge in [0.15, 0.2) is 0 Å². The third-order valence-corrected chi connectivity index (χ3v) is 4.26. The van der Waals surface area contributed by atoms with E-state index in [1.165, 1.54) is 11.1 Å². The van der Waals surface area contributed by atoms with Gasteiger partial charge in [0.25, 0.3) is 0 Å². The number of carbonyl (C=O) groups excluding carboxylic acids is 1. The van der Waals surface area contributed by atoms with Crippen LogP contribution in [0.4, 0.5) is 5.69 Å². The number of rotatable bonds is 5. The van der Waals surface area contributed by atoms with Gasteiger partial charge in [-0.3, -0.25) is 4.79 Å². The Labute approximate surface area is 136 Å². The molecule has 1 amide bonds. The number of nitrogens with one attached hydrogen (secondary N) is 2. The van der Waals surface area contributed by atoms with Gasteiger partial charge in [0.05, 0.1) is 13.2 Å². The number of fused-ring (bicyclic) bond motifs is 1. The molecule has 0 radical (unpaired) electrons. The lowest BCUT2D eigenvalue weighted by Gasteiger charge is -2.15. The molecule has 1 heterocycles. The van der Waals surface area contributed by atoms with Crippen LogP contribution in [0.25, 0.3) is 0 Å². The fraction of sp³-hybridized carbons (Fsp3) is 0.316. The first-order valence-corrected chi connectivity index (χ1v) is 8.01. The number of anilines is 1. The molecule has 0 spiro atoms. The van der Waals surface area contributed by atoms with Gasteiger partial charge in [0, 0.05) is 5.69 Å². The predicted octanol–water partition coefficient (Wildman–Crippen LogP) is 2.78. The zero-order chi connectivity index (χ0) is 16.1. The highest BCUT2D eigenvalue weighted by Crippen LogP contribution is 2.21. The molecule has 4 heteroatoms. The number of carbonyl (C=O) groups is 1. The smallest absolute Gasteiger partial charge is 0.241 e. The summed E-state index contributed by atoms with van der Waals surface area (Å²) in [5.41, 5.74) is 3.38. The summed E-state index contributed by atoms with van der Waals surface area (Å²) in [5.74, 6) is 0.923. The van der Waals surface area contributed by atoms with E-state index in [0.717, 1.165) is 37.2 Å². The molecular weight excluding hydrogens is 288 g/mol. The van der Waals surface area contributed by atoms with Crippen LogP contribution in [0.3, 0.4) is 0 Å². The number of para-hydroxylation sites is 1. The van der Waals surface area contributed by atoms with Gasteiger partial charge in [-0.2, -0.15) is 0 Å². The minimum Gasteiger partial charge on any atom is -0.497 e. The van der Waals surface area contributed by atoms with E-state index in [-0.39, 0.29) is 11.9 Å². The fourth-order valence-electron chi connectivity index (χ4n) is 2.89. The quantitative estimate of drug-likeness (QED) is 0.893. The molecule has 0 aromatic heterocycles. The van der Waals surface area contributed by atoms with Crippen LogP contribution in [0.5, 0.6) is 5.75 Å². The van der Waals surface area contributed by atoms with Gasteiger partial charge in [0.2, 0.25) is 5.91 Å². The molecule has 0 aliphatic carbocycles. The second-order valence-corrected chi connectivity index (χ2v) is 5.79. The summed E-state index contributed by atoms with van der Waals surface area (Å²) >= 11 is 0. The van der Waals surface area contributed by atoms with Crippen LogP contribution in [0.1, 0.15) is 17.5 Å². The monoisotopic (exact) mass is 310 g/mol. The number of hydrogen-bond donors (Lipinski definition) is 2. The second-order valence-electron chi connectivity index (χ2n) is 5.79. The van der Waals surface area contributed by atoms with Crippen LogP contribution in [-0.4, -0.2) is 25.6 Å². The summed E-state index contributed by atoms with van der Waals surface area (Å²) in [6, 6.07) is 15.9. The van der Waals surface area contributed by atoms with Crippen molar-refractivity contribution in [2.24, 2.45) is 0 Å². The van der Waals surface area contributed by atoms with Gasteiger partial charge in [-0.15, -0.1) is 0 Å². The second kappa shape index (κ2) is 7.29. The van der Waals surface area contributed by atoms with Crippen molar-refractivity contribution in [2.45, 2.75) is 25.3 Å². The Morgan fingerprint density at radius 1 is 1.17 bits per heavy atom. The lowest BCUT2D eigenvalue weighted by atomic mass is 10.1. The van der Waals surface area contributed by atoms with Crippen molar-refractivity contribution in [2.75, 3.05) is 19.0 Å². The van der Waals surface area contributed by atoms with Gasteiger partial charge in [-0.1, -0.05) is 30.3 Å². The summed E-state index contributed by atoms with van der Waals surface area (Å²) in [6.07, 6.45) is 2.63. The van der Waals surface area contributed by atoms with E-state index < -0.39 is 0 Å². The third-order valence-electron chi connectivity index (χ3n) is 4.26. The van der Waals surface area contributed by atoms with Crippen LogP contribution in [0.2, 0.25) is 0 Å². The van der Waals surface area contributed by atoms with Crippen LogP contribution in [0.15, 0.2) is 48.5 Å². The Morgan fingerprint density at radius 2 is 1.96 bits per heavy atom. The average molecular weight is 310 g/mol. The highest BCUT2D eigenvalue weighted by Gasteiger charge is 2.22. The Hall–Kier alpha value is -2.33. The standard InChI is InChI=1S/C19H22N2O2/c1-23-16-9-6-14(7-10-16)12-13-20-18-11-8-15-4-2-3-5-17(15)21-19(18)22/h2-7,9-10,18,20H,8,11-13H2,1H3,(H,21,22). The van der Waals surface area contributed by atoms with E-state index in [0.29, 0.717) is 0 Å². The normalized spacial score (nSPS) is 17.1. The molecule has 0 fully saturated rings. The Balaban J connectivity index is 1.53. The molecule has 0 saturated carbocycles. The zero-order valence-electron chi connectivity index (χ0n) is 13.3. The number of ether oxygens (including phenoxy) is 1. The van der Waals surface area contributed by atoms with Gasteiger partial charge in [0.1, 0.15) is 5.75 Å². The first-order chi connectivity index (χ1) is 11.3. The topological polar surface area (TPSA) is 50.4 Å². The molecule has 23 heavy (non-hydrogen) atoms. The Bertz CT molecular complexity index is 667. The van der Waals surface area contributed by atoms with Gasteiger partial charge < -0.3 is 15.4 Å². The number of hydrogen-bond acceptors (Lipinski definition) is 3. The van der Waals surface area contributed by atoms with E-state index in [2.05, 4.69) is 28.8 Å². The largest absolute Gasteiger partial charge is 0.497 e. The highest BCUT2D eigenvalue weighted by atomic mass is 16.5. The van der Waals surface area contributed by atoms with Crippen molar-refractivity contribution >= 4 is 11.6 Å². The van der Waals surface area contributed by atoms with E-state index in [1.807, 2.05) is 30.3 Å². The van der Waals surface area contributed by atoms with Crippen molar-refractivity contribution in [1.29, 1.82) is 0 Å². The number of aryl methyl sites for hydroxylation is 1. The summed E-state index contributed by atoms with van der Waals surface area (Å²) in [7, 11) is 1.67. The number of amides is 1. The fourth-order valence-corrected chi connectivity index (χ4v) is 2.89. The van der Waals surface area contributed by atoms with Crippen LogP contribution in [-0.2, 0) is 17.6 Å². The van der Waals surface area contributed by atoms with Gasteiger partial charge >= 0.3 is 0 Å². The van der Waals surface area contributed by atoms with Crippen molar-refractivity contribution in [3.63, 3.8) is 0 Å². The minimum absolute atomic E-state index is 0.0599. The molecule has 2 aromatic rings. The van der Waals surface area contributed by atoms with E-state index in [9.17, 15) is 4.79 Å². The summed E-state index contributed by atoms with van der Waals surface area (Å²) in [4.78, 5) is 12.3. The molecule has 120 valence electrons. The molecule has 0 bridgehead atoms. The van der Waals surface area contributed by atoms with Gasteiger partial charge in [-0.25, -0.2) is 0 Å². The Morgan fingerprint density at radius 3 is 2.74 bits per heavy atom. The first-order valence-electron chi connectivity index (χ1n) is 8.01. The van der Waals surface area contributed by atoms with E-state index in [4.69, 9.17) is 4.74 Å². The molecule has 1 aliphatic heterocycles. The van der Waals surface area contributed by atoms with Crippen molar-refractivity contribution in [3.8, 4) is 5.75 Å². The minimum atomic E-state index is -0.138. The van der Waals surface area contributed by atoms with Crippen molar-refractivity contribution < 1.29 is 9.53 Å². The third kappa shape index (κ3) is 3.90. The predicted molar refractivity (Wildman–Crippen MR) is 91.9 cm³/mol. The number of methoxy groups -OCH3 is 1. The maximum absolute atomic E-state index is 12.3. The maximum atomic E-state index is 12.3. The Kier molecular flexibility index (Phi) is 4.93. The number of benzene rings is 2. The highest BCUT2D eigenvalue weighted by molar-refractivity contribution is 5.96. The SMILES string of the molecule is COc1ccc(CCNC2CCc3ccccc3NC2=O)cc1. The van der Waals surface area contributed by atoms with Crippen LogP contribution in [0, 0.1) is 0 Å². The molecule has 1 unspecified atom stereocenters. The van der Waals surface area contributed by atoms with E-state index in [1.54, 1.807) is 7.11 Å². The van der Waals surface area contributed by atoms with Gasteiger partial charge in [-0.05, 0) is 55.1 Å². The molecular formula is C19H22N2O2. The average Bonchev–Trinajstić information content (AvgIpc) is 2.74. The summed E-state index contributed by atoms with van der Waals surface area (Å²) in [5, 5.41) is 6.40. The molecule has 1 atom stereocenters. The summed E-state index contributed by atoms with van der Waals surface area (Å²) < 4.78 is 5.16. The van der Waals surface area contributed by atoms with Crippen LogP contribution < -0.4 is 15.4 Å². The van der Waals surface area contributed by atoms with E-state index >= 15 is 0 Å². The van der Waals surface area contributed by atoms with Crippen molar-refractivity contribution in [1.82, 2.24) is 5.32 Å². The van der Waals surface area contributed by atoms with Crippen molar-refractivity contribution in [3.05, 3.63) is 59.7 Å². The zero-order valence-corrected chi connectivity index (χ0v) is 13.3. The molecule has 0 saturated heterocycles. The first kappa shape index (κ1) is 15.6. The maximum Gasteiger partial charge on any atom is 0.241 e. The molecule has 2 N–H and O–H groups in total. The molecule has 1 aliphatic rings. The lowest BCUT2D eigenvalue weighted by molar-refractivity contribution is -0.118. The molecule has 4 nitrogen and oxygen atoms in total.